The first-order chi connectivity index (χ1) is 11.0. The molecule has 0 saturated carbocycles. The Balaban J connectivity index is 2.46. The lowest BCUT2D eigenvalue weighted by Crippen LogP contribution is -2.03. The van der Waals surface area contributed by atoms with E-state index in [1.165, 1.54) is 0 Å². The zero-order chi connectivity index (χ0) is 16.7. The number of nitriles is 1. The molecule has 0 N–H and O–H groups in total. The van der Waals surface area contributed by atoms with Crippen LogP contribution in [0.15, 0.2) is 18.3 Å². The van der Waals surface area contributed by atoms with Gasteiger partial charge < -0.3 is 4.74 Å². The quantitative estimate of drug-likeness (QED) is 0.670. The summed E-state index contributed by atoms with van der Waals surface area (Å²) in [5, 5.41) is 10.3. The molecule has 1 aromatic carbocycles. The van der Waals surface area contributed by atoms with Crippen LogP contribution in [0.4, 0.5) is 0 Å². The van der Waals surface area contributed by atoms with Crippen LogP contribution in [0.5, 0.6) is 5.75 Å². The van der Waals surface area contributed by atoms with E-state index in [1.54, 1.807) is 20.2 Å². The fourth-order valence-electron chi connectivity index (χ4n) is 2.85. The molecule has 3 rings (SSSR count). The summed E-state index contributed by atoms with van der Waals surface area (Å²) in [7, 11) is 1.64. The fraction of sp³-hybridized carbons (Fsp3) is 0.235. The predicted molar refractivity (Wildman–Crippen MR) is 89.4 cm³/mol. The number of benzene rings is 1. The van der Waals surface area contributed by atoms with E-state index < -0.39 is 0 Å². The van der Waals surface area contributed by atoms with Crippen molar-refractivity contribution in [2.75, 3.05) is 7.11 Å². The second-order valence-corrected chi connectivity index (χ2v) is 5.70. The molecule has 2 aromatic heterocycles. The first-order valence-corrected chi connectivity index (χ1v) is 7.45. The molecule has 0 amide bonds. The van der Waals surface area contributed by atoms with Gasteiger partial charge in [-0.1, -0.05) is 17.7 Å². The Morgan fingerprint density at radius 3 is 2.61 bits per heavy atom. The lowest BCUT2D eigenvalue weighted by atomic mass is 10.1. The monoisotopic (exact) mass is 326 g/mol. The first kappa shape index (κ1) is 15.3. The number of aromatic nitrogens is 3. The summed E-state index contributed by atoms with van der Waals surface area (Å²) in [4.78, 5) is 8.66. The van der Waals surface area contributed by atoms with E-state index in [2.05, 4.69) is 16.0 Å². The van der Waals surface area contributed by atoms with Gasteiger partial charge in [0.1, 0.15) is 22.8 Å². The van der Waals surface area contributed by atoms with Gasteiger partial charge in [0.2, 0.25) is 0 Å². The molecule has 6 heteroatoms. The second kappa shape index (κ2) is 5.56. The maximum absolute atomic E-state index is 9.43. The number of aryl methyl sites for hydroxylation is 2. The zero-order valence-corrected chi connectivity index (χ0v) is 14.1. The van der Waals surface area contributed by atoms with Gasteiger partial charge in [-0.2, -0.15) is 5.26 Å². The Morgan fingerprint density at radius 1 is 1.22 bits per heavy atom. The lowest BCUT2D eigenvalue weighted by Gasteiger charge is -2.15. The minimum absolute atomic E-state index is 0.293. The van der Waals surface area contributed by atoms with Crippen molar-refractivity contribution in [3.8, 4) is 17.5 Å². The SMILES string of the molecule is COc1ccc(C)c(-n2cc(C#N)c3c(Cl)nc(C)nc32)c1C. The van der Waals surface area contributed by atoms with Gasteiger partial charge in [0.25, 0.3) is 0 Å². The molecule has 0 spiro atoms. The topological polar surface area (TPSA) is 63.7 Å². The van der Waals surface area contributed by atoms with Crippen LogP contribution in [0, 0.1) is 32.1 Å². The van der Waals surface area contributed by atoms with Crippen molar-refractivity contribution in [3.05, 3.63) is 46.0 Å². The molecule has 0 atom stereocenters. The summed E-state index contributed by atoms with van der Waals surface area (Å²) in [5.74, 6) is 1.34. The minimum atomic E-state index is 0.293. The van der Waals surface area contributed by atoms with Gasteiger partial charge in [-0.3, -0.25) is 4.57 Å². The van der Waals surface area contributed by atoms with Crippen LogP contribution in [0.3, 0.4) is 0 Å². The number of rotatable bonds is 2. The average molecular weight is 327 g/mol. The molecule has 5 nitrogen and oxygen atoms in total. The number of hydrogen-bond donors (Lipinski definition) is 0. The highest BCUT2D eigenvalue weighted by Gasteiger charge is 2.19. The minimum Gasteiger partial charge on any atom is -0.496 e. The summed E-state index contributed by atoms with van der Waals surface area (Å²) in [6.45, 7) is 5.77. The number of fused-ring (bicyclic) bond motifs is 1. The molecule has 0 aliphatic rings. The molecule has 3 aromatic rings. The molecular formula is C17H15ClN4O. The van der Waals surface area contributed by atoms with Gasteiger partial charge in [0.05, 0.1) is 23.7 Å². The maximum atomic E-state index is 9.43. The van der Waals surface area contributed by atoms with Gasteiger partial charge >= 0.3 is 0 Å². The van der Waals surface area contributed by atoms with E-state index in [0.29, 0.717) is 27.6 Å². The largest absolute Gasteiger partial charge is 0.496 e. The van der Waals surface area contributed by atoms with Crippen LogP contribution >= 0.6 is 11.6 Å². The molecule has 0 unspecified atom stereocenters. The predicted octanol–water partition coefficient (Wildman–Crippen LogP) is 3.88. The van der Waals surface area contributed by atoms with Crippen LogP contribution < -0.4 is 4.74 Å². The van der Waals surface area contributed by atoms with Crippen LogP contribution in [-0.4, -0.2) is 21.6 Å². The van der Waals surface area contributed by atoms with Crippen molar-refractivity contribution in [3.63, 3.8) is 0 Å². The Morgan fingerprint density at radius 2 is 1.96 bits per heavy atom. The average Bonchev–Trinajstić information content (AvgIpc) is 2.86. The number of ether oxygens (including phenoxy) is 1. The van der Waals surface area contributed by atoms with Gasteiger partial charge in [0, 0.05) is 11.8 Å². The fourth-order valence-corrected chi connectivity index (χ4v) is 3.16. The summed E-state index contributed by atoms with van der Waals surface area (Å²) in [5.41, 5.74) is 4.04. The lowest BCUT2D eigenvalue weighted by molar-refractivity contribution is 0.411. The molecular weight excluding hydrogens is 312 g/mol. The van der Waals surface area contributed by atoms with Crippen LogP contribution in [-0.2, 0) is 0 Å². The molecule has 0 bridgehead atoms. The highest BCUT2D eigenvalue weighted by molar-refractivity contribution is 6.34. The Hall–Kier alpha value is -2.58. The van der Waals surface area contributed by atoms with E-state index in [1.807, 2.05) is 30.5 Å². The van der Waals surface area contributed by atoms with Gasteiger partial charge in [-0.15, -0.1) is 0 Å². The highest BCUT2D eigenvalue weighted by Crippen LogP contribution is 2.33. The third-order valence-electron chi connectivity index (χ3n) is 3.88. The normalized spacial score (nSPS) is 10.8. The van der Waals surface area contributed by atoms with Crippen LogP contribution in [0.1, 0.15) is 22.5 Å². The Labute approximate surface area is 139 Å². The zero-order valence-electron chi connectivity index (χ0n) is 13.3. The number of nitrogens with zero attached hydrogens (tertiary/aromatic N) is 4. The van der Waals surface area contributed by atoms with E-state index in [-0.39, 0.29) is 0 Å². The van der Waals surface area contributed by atoms with Crippen LogP contribution in [0.2, 0.25) is 5.15 Å². The number of hydrogen-bond acceptors (Lipinski definition) is 4. The maximum Gasteiger partial charge on any atom is 0.151 e. The van der Waals surface area contributed by atoms with Crippen molar-refractivity contribution in [2.24, 2.45) is 0 Å². The van der Waals surface area contributed by atoms with Crippen molar-refractivity contribution in [1.82, 2.24) is 14.5 Å². The van der Waals surface area contributed by atoms with Crippen molar-refractivity contribution >= 4 is 22.6 Å². The molecule has 0 radical (unpaired) electrons. The molecule has 23 heavy (non-hydrogen) atoms. The molecule has 2 heterocycles. The molecule has 0 aliphatic heterocycles. The first-order valence-electron chi connectivity index (χ1n) is 7.07. The summed E-state index contributed by atoms with van der Waals surface area (Å²) in [6, 6.07) is 6.08. The Bertz CT molecular complexity index is 969. The van der Waals surface area contributed by atoms with E-state index >= 15 is 0 Å². The summed E-state index contributed by atoms with van der Waals surface area (Å²) in [6.07, 6.45) is 1.75. The standard InChI is InChI=1S/C17H15ClN4O/c1-9-5-6-13(23-4)10(2)15(9)22-8-12(7-19)14-16(18)20-11(3)21-17(14)22/h5-6,8H,1-4H3. The van der Waals surface area contributed by atoms with E-state index in [9.17, 15) is 5.26 Å². The Kier molecular flexibility index (Phi) is 3.70. The molecule has 0 aliphatic carbocycles. The second-order valence-electron chi connectivity index (χ2n) is 5.34. The summed E-state index contributed by atoms with van der Waals surface area (Å²) >= 11 is 6.24. The molecule has 0 fully saturated rings. The third-order valence-corrected chi connectivity index (χ3v) is 4.15. The molecule has 116 valence electrons. The summed E-state index contributed by atoms with van der Waals surface area (Å²) < 4.78 is 7.31. The van der Waals surface area contributed by atoms with E-state index in [0.717, 1.165) is 22.6 Å². The van der Waals surface area contributed by atoms with Crippen molar-refractivity contribution < 1.29 is 4.74 Å². The third kappa shape index (κ3) is 2.32. The number of methoxy groups -OCH3 is 1. The van der Waals surface area contributed by atoms with Crippen molar-refractivity contribution in [1.29, 1.82) is 5.26 Å². The number of halogens is 1. The van der Waals surface area contributed by atoms with Crippen LogP contribution in [0.25, 0.3) is 16.7 Å². The highest BCUT2D eigenvalue weighted by atomic mass is 35.5. The molecule has 0 saturated heterocycles. The van der Waals surface area contributed by atoms with Gasteiger partial charge in [-0.25, -0.2) is 9.97 Å². The van der Waals surface area contributed by atoms with E-state index in [4.69, 9.17) is 16.3 Å². The van der Waals surface area contributed by atoms with Gasteiger partial charge in [0.15, 0.2) is 5.65 Å². The van der Waals surface area contributed by atoms with Gasteiger partial charge in [-0.05, 0) is 32.4 Å². The van der Waals surface area contributed by atoms with Crippen molar-refractivity contribution in [2.45, 2.75) is 20.8 Å². The smallest absolute Gasteiger partial charge is 0.151 e.